The number of H-pyrrole nitrogens is 1. The van der Waals surface area contributed by atoms with Gasteiger partial charge in [0.15, 0.2) is 0 Å². The van der Waals surface area contributed by atoms with Crippen LogP contribution in [0.1, 0.15) is 80.9 Å². The van der Waals surface area contributed by atoms with Crippen LogP contribution in [0.5, 0.6) is 0 Å². The van der Waals surface area contributed by atoms with Crippen LogP contribution in [-0.2, 0) is 9.59 Å². The normalized spacial score (nSPS) is 20.8. The number of nitrogens with one attached hydrogen (secondary N) is 3. The van der Waals surface area contributed by atoms with Crippen LogP contribution in [0.15, 0.2) is 48.8 Å². The van der Waals surface area contributed by atoms with E-state index < -0.39 is 35.5 Å². The lowest BCUT2D eigenvalue weighted by molar-refractivity contribution is -0.136. The number of carbonyl (C=O) groups is 5. The first-order chi connectivity index (χ1) is 29.1. The number of hydrogen-bond acceptors (Lipinski definition) is 11. The fourth-order valence-electron chi connectivity index (χ4n) is 9.62. The van der Waals surface area contributed by atoms with Crippen molar-refractivity contribution in [1.82, 2.24) is 30.4 Å². The number of amides is 5. The summed E-state index contributed by atoms with van der Waals surface area (Å²) in [6.07, 6.45) is 7.26. The maximum atomic E-state index is 15.4. The van der Waals surface area contributed by atoms with Crippen LogP contribution in [0.4, 0.5) is 21.5 Å². The van der Waals surface area contributed by atoms with Gasteiger partial charge < -0.3 is 25.0 Å². The Morgan fingerprint density at radius 1 is 0.867 bits per heavy atom. The lowest BCUT2D eigenvalue weighted by Gasteiger charge is -2.40. The van der Waals surface area contributed by atoms with Crippen LogP contribution in [0.25, 0.3) is 10.9 Å². The molecular formula is C44H47FN10O5. The molecule has 5 aliphatic heterocycles. The third kappa shape index (κ3) is 7.31. The predicted octanol–water partition coefficient (Wildman–Crippen LogP) is 3.72. The van der Waals surface area contributed by atoms with Gasteiger partial charge in [0.2, 0.25) is 11.8 Å². The van der Waals surface area contributed by atoms with Gasteiger partial charge in [0.1, 0.15) is 23.6 Å². The van der Waals surface area contributed by atoms with E-state index in [1.165, 1.54) is 6.07 Å². The predicted molar refractivity (Wildman–Crippen MR) is 221 cm³/mol. The summed E-state index contributed by atoms with van der Waals surface area (Å²) >= 11 is 0. The molecule has 1 unspecified atom stereocenters. The van der Waals surface area contributed by atoms with Crippen molar-refractivity contribution in [2.45, 2.75) is 57.5 Å². The van der Waals surface area contributed by atoms with E-state index in [9.17, 15) is 29.2 Å². The molecule has 0 saturated carbocycles. The number of imide groups is 2. The van der Waals surface area contributed by atoms with Crippen LogP contribution >= 0.6 is 0 Å². The van der Waals surface area contributed by atoms with Crippen LogP contribution in [0, 0.1) is 30.0 Å². The number of hydrogen-bond donors (Lipinski definition) is 3. The highest BCUT2D eigenvalue weighted by Gasteiger charge is 2.45. The lowest BCUT2D eigenvalue weighted by Crippen LogP contribution is -2.54. The molecule has 5 amide bonds. The van der Waals surface area contributed by atoms with Gasteiger partial charge in [0.25, 0.3) is 17.7 Å². The van der Waals surface area contributed by atoms with Crippen LogP contribution in [0.2, 0.25) is 0 Å². The summed E-state index contributed by atoms with van der Waals surface area (Å²) in [5, 5.41) is 15.9. The third-order valence-corrected chi connectivity index (χ3v) is 13.0. The van der Waals surface area contributed by atoms with E-state index in [2.05, 4.69) is 53.5 Å². The number of carbonyl (C=O) groups excluding carboxylic acids is 5. The molecule has 15 nitrogen and oxygen atoms in total. The molecule has 0 radical (unpaired) electrons. The number of aromatic nitrogens is 2. The van der Waals surface area contributed by atoms with E-state index in [0.29, 0.717) is 30.3 Å². The molecule has 60 heavy (non-hydrogen) atoms. The van der Waals surface area contributed by atoms with E-state index >= 15 is 4.39 Å². The number of aromatic amines is 1. The van der Waals surface area contributed by atoms with Gasteiger partial charge in [0, 0.05) is 82.9 Å². The second-order valence-electron chi connectivity index (χ2n) is 16.6. The maximum Gasteiger partial charge on any atom is 0.270 e. The number of nitriles is 1. The first-order valence-corrected chi connectivity index (χ1v) is 20.9. The van der Waals surface area contributed by atoms with Gasteiger partial charge in [-0.25, -0.2) is 9.37 Å². The van der Waals surface area contributed by atoms with Crippen molar-refractivity contribution in [3.63, 3.8) is 0 Å². The SMILES string of the molecule is Cc1ccc(N2CCC(NC(=O)c3ccc(N4CCC(CN5CCN(c6cc7c(cc6F)C(=O)N(C6CCC(=O)NC6=O)C7=O)CC5)CC4)cn3)CC2)c2[nH]cc(C#N)c12. The molecule has 0 bridgehead atoms. The standard InChI is InChI=1S/C44H47FN10O5/c1-26-2-5-35(40-39(26)28(22-46)23-48-40)53-14-10-29(11-15-53)49-41(57)34-4-3-30(24-47-34)52-12-8-27(9-13-52)25-51-16-18-54(19-17-51)37-21-32-31(20-33(37)45)43(59)55(44(32)60)36-6-7-38(56)50-42(36)58/h2-5,20-21,23-24,27,29,36,48H,6-19,25H2,1H3,(H,49,57)(H,50,56,58). The third-order valence-electron chi connectivity index (χ3n) is 13.0. The van der Waals surface area contributed by atoms with E-state index in [1.807, 2.05) is 17.9 Å². The van der Waals surface area contributed by atoms with Gasteiger partial charge in [-0.3, -0.25) is 39.1 Å². The molecule has 7 heterocycles. The van der Waals surface area contributed by atoms with Gasteiger partial charge in [-0.15, -0.1) is 0 Å². The summed E-state index contributed by atoms with van der Waals surface area (Å²) in [7, 11) is 0. The van der Waals surface area contributed by atoms with Crippen LogP contribution in [0.3, 0.4) is 0 Å². The number of aryl methyl sites for hydroxylation is 1. The maximum absolute atomic E-state index is 15.4. The molecular weight excluding hydrogens is 768 g/mol. The minimum atomic E-state index is -1.10. The minimum Gasteiger partial charge on any atom is -0.370 e. The number of piperazine rings is 1. The first kappa shape index (κ1) is 39.1. The Hall–Kier alpha value is -6.34. The highest BCUT2D eigenvalue weighted by atomic mass is 19.1. The monoisotopic (exact) mass is 814 g/mol. The topological polar surface area (TPSA) is 178 Å². The fraction of sp³-hybridized carbons (Fsp3) is 0.432. The molecule has 0 spiro atoms. The number of piperidine rings is 3. The second kappa shape index (κ2) is 16.0. The van der Waals surface area contributed by atoms with Crippen molar-refractivity contribution in [2.75, 3.05) is 73.6 Å². The second-order valence-corrected chi connectivity index (χ2v) is 16.6. The molecule has 4 saturated heterocycles. The van der Waals surface area contributed by atoms with Gasteiger partial charge >= 0.3 is 0 Å². The van der Waals surface area contributed by atoms with E-state index in [1.54, 1.807) is 18.5 Å². The summed E-state index contributed by atoms with van der Waals surface area (Å²) in [5.41, 5.74) is 5.46. The molecule has 2 aromatic heterocycles. The largest absolute Gasteiger partial charge is 0.370 e. The zero-order valence-corrected chi connectivity index (χ0v) is 33.5. The Labute approximate surface area is 346 Å². The Balaban J connectivity index is 0.721. The minimum absolute atomic E-state index is 0.0174. The zero-order chi connectivity index (χ0) is 41.7. The van der Waals surface area contributed by atoms with Gasteiger partial charge in [-0.05, 0) is 80.8 Å². The number of halogens is 1. The lowest BCUT2D eigenvalue weighted by atomic mass is 9.95. The molecule has 5 aliphatic rings. The Morgan fingerprint density at radius 2 is 1.57 bits per heavy atom. The van der Waals surface area contributed by atoms with Crippen molar-refractivity contribution in [2.24, 2.45) is 5.92 Å². The Bertz CT molecular complexity index is 2420. The zero-order valence-electron chi connectivity index (χ0n) is 33.5. The number of nitrogens with zero attached hydrogens (tertiary/aromatic N) is 7. The van der Waals surface area contributed by atoms with Gasteiger partial charge in [0.05, 0.1) is 45.5 Å². The fourth-order valence-corrected chi connectivity index (χ4v) is 9.62. The number of pyridine rings is 1. The smallest absolute Gasteiger partial charge is 0.270 e. The molecule has 310 valence electrons. The average molecular weight is 815 g/mol. The van der Waals surface area contributed by atoms with E-state index in [4.69, 9.17) is 0 Å². The number of fused-ring (bicyclic) bond motifs is 2. The molecule has 9 rings (SSSR count). The summed E-state index contributed by atoms with van der Waals surface area (Å²) in [6.45, 7) is 8.88. The number of benzene rings is 2. The Kier molecular flexibility index (Phi) is 10.5. The summed E-state index contributed by atoms with van der Waals surface area (Å²) in [6, 6.07) is 11.7. The molecule has 16 heteroatoms. The quantitative estimate of drug-likeness (QED) is 0.221. The Morgan fingerprint density at radius 3 is 2.25 bits per heavy atom. The highest BCUT2D eigenvalue weighted by Crippen LogP contribution is 2.35. The van der Waals surface area contributed by atoms with E-state index in [0.717, 1.165) is 110 Å². The molecule has 3 N–H and O–H groups in total. The van der Waals surface area contributed by atoms with Crippen molar-refractivity contribution < 1.29 is 28.4 Å². The molecule has 4 fully saturated rings. The molecule has 1 atom stereocenters. The van der Waals surface area contributed by atoms with E-state index in [-0.39, 0.29) is 41.6 Å². The number of rotatable bonds is 8. The van der Waals surface area contributed by atoms with Crippen molar-refractivity contribution in [1.29, 1.82) is 5.26 Å². The summed E-state index contributed by atoms with van der Waals surface area (Å²) < 4.78 is 15.4. The van der Waals surface area contributed by atoms with Crippen molar-refractivity contribution >= 4 is 57.5 Å². The van der Waals surface area contributed by atoms with Gasteiger partial charge in [-0.2, -0.15) is 5.26 Å². The van der Waals surface area contributed by atoms with Crippen molar-refractivity contribution in [3.8, 4) is 6.07 Å². The van der Waals surface area contributed by atoms with Crippen LogP contribution < -0.4 is 25.3 Å². The highest BCUT2D eigenvalue weighted by molar-refractivity contribution is 6.23. The molecule has 0 aliphatic carbocycles. The van der Waals surface area contributed by atoms with Gasteiger partial charge in [-0.1, -0.05) is 6.07 Å². The average Bonchev–Trinajstić information content (AvgIpc) is 3.80. The number of anilines is 3. The van der Waals surface area contributed by atoms with Crippen LogP contribution in [-0.4, -0.2) is 120 Å². The first-order valence-electron chi connectivity index (χ1n) is 20.9. The van der Waals surface area contributed by atoms with Crippen molar-refractivity contribution in [3.05, 3.63) is 82.6 Å². The summed E-state index contributed by atoms with van der Waals surface area (Å²) in [5.74, 6) is -2.77. The molecule has 2 aromatic carbocycles. The molecule has 4 aromatic rings. The summed E-state index contributed by atoms with van der Waals surface area (Å²) in [4.78, 5) is 81.3.